The van der Waals surface area contributed by atoms with E-state index < -0.39 is 5.91 Å². The third kappa shape index (κ3) is 4.24. The fraction of sp³-hybridized carbons (Fsp3) is 0.0417. The molecule has 7 heteroatoms. The van der Waals surface area contributed by atoms with Crippen LogP contribution in [-0.2, 0) is 0 Å². The number of hydrogen-bond acceptors (Lipinski definition) is 3. The highest BCUT2D eigenvalue weighted by Crippen LogP contribution is 2.29. The standard InChI is InChI=1S/C24H17Cl2N3O2/c1-15-22(30)21(16-11-13-17(25)14-12-16)23(29(28-15)18-7-3-2-4-8-18)27-24(31)19-9-5-6-10-20(19)26/h2-14H,1H3,(H,27,31). The molecule has 1 aromatic heterocycles. The Balaban J connectivity index is 1.97. The zero-order chi connectivity index (χ0) is 22.0. The van der Waals surface area contributed by atoms with Crippen LogP contribution in [0.4, 0.5) is 5.82 Å². The van der Waals surface area contributed by atoms with E-state index in [9.17, 15) is 9.59 Å². The number of nitrogens with zero attached hydrogens (tertiary/aromatic N) is 2. The van der Waals surface area contributed by atoms with Crippen LogP contribution in [0.25, 0.3) is 16.8 Å². The van der Waals surface area contributed by atoms with Crippen LogP contribution in [0.2, 0.25) is 10.0 Å². The molecule has 0 spiro atoms. The minimum Gasteiger partial charge on any atom is -0.306 e. The van der Waals surface area contributed by atoms with Gasteiger partial charge in [0.1, 0.15) is 11.5 Å². The highest BCUT2D eigenvalue weighted by Gasteiger charge is 2.21. The molecule has 1 N–H and O–H groups in total. The van der Waals surface area contributed by atoms with Crippen molar-refractivity contribution >= 4 is 34.9 Å². The largest absolute Gasteiger partial charge is 0.306 e. The summed E-state index contributed by atoms with van der Waals surface area (Å²) in [5, 5.41) is 8.15. The number of benzene rings is 3. The van der Waals surface area contributed by atoms with Gasteiger partial charge in [-0.15, -0.1) is 0 Å². The number of aromatic nitrogens is 2. The van der Waals surface area contributed by atoms with Gasteiger partial charge in [0.05, 0.1) is 21.8 Å². The van der Waals surface area contributed by atoms with Crippen molar-refractivity contribution in [1.82, 2.24) is 9.78 Å². The number of nitrogens with one attached hydrogen (secondary N) is 1. The summed E-state index contributed by atoms with van der Waals surface area (Å²) in [7, 11) is 0. The van der Waals surface area contributed by atoms with Crippen molar-refractivity contribution in [3.63, 3.8) is 0 Å². The normalized spacial score (nSPS) is 10.7. The molecule has 0 unspecified atom stereocenters. The van der Waals surface area contributed by atoms with Crippen LogP contribution in [0.15, 0.2) is 83.7 Å². The average molecular weight is 450 g/mol. The maximum atomic E-state index is 13.2. The Hall–Kier alpha value is -3.41. The van der Waals surface area contributed by atoms with E-state index in [0.29, 0.717) is 38.1 Å². The molecule has 4 rings (SSSR count). The summed E-state index contributed by atoms with van der Waals surface area (Å²) < 4.78 is 1.55. The summed E-state index contributed by atoms with van der Waals surface area (Å²) in [4.78, 5) is 26.2. The van der Waals surface area contributed by atoms with Gasteiger partial charge in [0.25, 0.3) is 5.91 Å². The van der Waals surface area contributed by atoms with E-state index in [1.807, 2.05) is 30.3 Å². The molecule has 1 heterocycles. The fourth-order valence-electron chi connectivity index (χ4n) is 3.22. The number of carbonyl (C=O) groups excluding carboxylic acids is 1. The summed E-state index contributed by atoms with van der Waals surface area (Å²) in [6, 6.07) is 22.8. The number of amides is 1. The van der Waals surface area contributed by atoms with Gasteiger partial charge in [-0.3, -0.25) is 9.59 Å². The van der Waals surface area contributed by atoms with Crippen LogP contribution in [0.1, 0.15) is 16.1 Å². The van der Waals surface area contributed by atoms with E-state index in [1.54, 1.807) is 60.1 Å². The summed E-state index contributed by atoms with van der Waals surface area (Å²) in [6.07, 6.45) is 0. The molecule has 31 heavy (non-hydrogen) atoms. The van der Waals surface area contributed by atoms with E-state index in [2.05, 4.69) is 10.4 Å². The molecular weight excluding hydrogens is 433 g/mol. The Morgan fingerprint density at radius 3 is 2.23 bits per heavy atom. The Kier molecular flexibility index (Phi) is 5.89. The van der Waals surface area contributed by atoms with Crippen molar-refractivity contribution in [3.05, 3.63) is 110 Å². The minimum absolute atomic E-state index is 0.244. The molecular formula is C24H17Cl2N3O2. The number of hydrogen-bond donors (Lipinski definition) is 1. The van der Waals surface area contributed by atoms with Crippen molar-refractivity contribution in [2.24, 2.45) is 0 Å². The van der Waals surface area contributed by atoms with E-state index in [0.717, 1.165) is 0 Å². The van der Waals surface area contributed by atoms with Crippen LogP contribution in [0.3, 0.4) is 0 Å². The van der Waals surface area contributed by atoms with E-state index >= 15 is 0 Å². The maximum absolute atomic E-state index is 13.2. The highest BCUT2D eigenvalue weighted by molar-refractivity contribution is 6.34. The summed E-state index contributed by atoms with van der Waals surface area (Å²) in [5.41, 5.74) is 1.91. The van der Waals surface area contributed by atoms with Gasteiger partial charge in [0, 0.05) is 5.02 Å². The summed E-state index contributed by atoms with van der Waals surface area (Å²) >= 11 is 12.3. The molecule has 0 saturated heterocycles. The van der Waals surface area contributed by atoms with Gasteiger partial charge in [-0.2, -0.15) is 5.10 Å². The predicted molar refractivity (Wildman–Crippen MR) is 124 cm³/mol. The van der Waals surface area contributed by atoms with Gasteiger partial charge in [0.15, 0.2) is 0 Å². The Morgan fingerprint density at radius 2 is 1.55 bits per heavy atom. The van der Waals surface area contributed by atoms with Crippen molar-refractivity contribution in [2.75, 3.05) is 5.32 Å². The topological polar surface area (TPSA) is 64.0 Å². The molecule has 154 valence electrons. The highest BCUT2D eigenvalue weighted by atomic mass is 35.5. The predicted octanol–water partition coefficient (Wildman–Crippen LogP) is 5.77. The smallest absolute Gasteiger partial charge is 0.258 e. The molecule has 0 radical (unpaired) electrons. The molecule has 1 amide bonds. The number of para-hydroxylation sites is 1. The Bertz CT molecular complexity index is 1320. The van der Waals surface area contributed by atoms with Crippen LogP contribution in [0.5, 0.6) is 0 Å². The zero-order valence-electron chi connectivity index (χ0n) is 16.5. The quantitative estimate of drug-likeness (QED) is 0.430. The van der Waals surface area contributed by atoms with Crippen LogP contribution in [-0.4, -0.2) is 15.7 Å². The van der Waals surface area contributed by atoms with Gasteiger partial charge >= 0.3 is 0 Å². The first kappa shape index (κ1) is 20.8. The van der Waals surface area contributed by atoms with Gasteiger partial charge in [-0.1, -0.05) is 65.7 Å². The molecule has 0 bridgehead atoms. The summed E-state index contributed by atoms with van der Waals surface area (Å²) in [5.74, 6) is -0.204. The second kappa shape index (κ2) is 8.76. The van der Waals surface area contributed by atoms with Crippen LogP contribution < -0.4 is 10.7 Å². The number of rotatable bonds is 4. The van der Waals surface area contributed by atoms with Gasteiger partial charge in [-0.05, 0) is 48.9 Å². The minimum atomic E-state index is -0.449. The lowest BCUT2D eigenvalue weighted by Gasteiger charge is -2.18. The number of aryl methyl sites for hydroxylation is 1. The average Bonchev–Trinajstić information content (AvgIpc) is 2.78. The molecule has 0 saturated carbocycles. The SMILES string of the molecule is Cc1nn(-c2ccccc2)c(NC(=O)c2ccccc2Cl)c(-c2ccc(Cl)cc2)c1=O. The van der Waals surface area contributed by atoms with E-state index in [4.69, 9.17) is 23.2 Å². The van der Waals surface area contributed by atoms with E-state index in [1.165, 1.54) is 0 Å². The third-order valence-corrected chi connectivity index (χ3v) is 5.32. The monoisotopic (exact) mass is 449 g/mol. The second-order valence-corrected chi connectivity index (χ2v) is 7.67. The van der Waals surface area contributed by atoms with Gasteiger partial charge < -0.3 is 5.32 Å². The molecule has 0 aliphatic heterocycles. The van der Waals surface area contributed by atoms with Crippen LogP contribution in [0, 0.1) is 6.92 Å². The van der Waals surface area contributed by atoms with Crippen molar-refractivity contribution in [3.8, 4) is 16.8 Å². The van der Waals surface area contributed by atoms with Crippen molar-refractivity contribution < 1.29 is 4.79 Å². The summed E-state index contributed by atoms with van der Waals surface area (Å²) in [6.45, 7) is 1.64. The van der Waals surface area contributed by atoms with Gasteiger partial charge in [-0.25, -0.2) is 4.68 Å². The molecule has 3 aromatic carbocycles. The molecule has 0 aliphatic rings. The van der Waals surface area contributed by atoms with Crippen molar-refractivity contribution in [2.45, 2.75) is 6.92 Å². The Morgan fingerprint density at radius 1 is 0.903 bits per heavy atom. The second-order valence-electron chi connectivity index (χ2n) is 6.83. The number of anilines is 1. The first-order valence-corrected chi connectivity index (χ1v) is 10.2. The van der Waals surface area contributed by atoms with Gasteiger partial charge in [0.2, 0.25) is 5.43 Å². The first-order valence-electron chi connectivity index (χ1n) is 9.47. The number of carbonyl (C=O) groups is 1. The van der Waals surface area contributed by atoms with Crippen LogP contribution >= 0.6 is 23.2 Å². The molecule has 5 nitrogen and oxygen atoms in total. The third-order valence-electron chi connectivity index (χ3n) is 4.74. The zero-order valence-corrected chi connectivity index (χ0v) is 18.0. The maximum Gasteiger partial charge on any atom is 0.258 e. The first-order chi connectivity index (χ1) is 15.0. The molecule has 0 fully saturated rings. The Labute approximate surface area is 188 Å². The molecule has 0 atom stereocenters. The van der Waals surface area contributed by atoms with Crippen molar-refractivity contribution in [1.29, 1.82) is 0 Å². The lowest BCUT2D eigenvalue weighted by molar-refractivity contribution is 0.102. The fourth-order valence-corrected chi connectivity index (χ4v) is 3.56. The molecule has 4 aromatic rings. The van der Waals surface area contributed by atoms with E-state index in [-0.39, 0.29) is 11.2 Å². The molecule has 0 aliphatic carbocycles. The number of halogens is 2. The lowest BCUT2D eigenvalue weighted by Crippen LogP contribution is -2.25. The lowest BCUT2D eigenvalue weighted by atomic mass is 10.0.